The first-order valence-corrected chi connectivity index (χ1v) is 4.81. The molecule has 0 atom stereocenters. The molecule has 0 saturated carbocycles. The van der Waals surface area contributed by atoms with Crippen molar-refractivity contribution in [3.05, 3.63) is 47.5 Å². The quantitative estimate of drug-likeness (QED) is 0.555. The normalized spacial score (nSPS) is 8.31. The number of allylic oxidation sites excluding steroid dienone is 2. The predicted octanol–water partition coefficient (Wildman–Crippen LogP) is 4.44. The Hall–Kier alpha value is -1.04. The minimum atomic E-state index is 1.20. The molecule has 0 saturated heterocycles. The zero-order chi connectivity index (χ0) is 10.1. The maximum atomic E-state index is 2.18. The Labute approximate surface area is 82.3 Å². The summed E-state index contributed by atoms with van der Waals surface area (Å²) in [5.41, 5.74) is 2.97. The number of benzene rings is 1. The lowest BCUT2D eigenvalue weighted by Gasteiger charge is -1.94. The van der Waals surface area contributed by atoms with Crippen LogP contribution in [0.4, 0.5) is 0 Å². The molecule has 0 aliphatic carbocycles. The number of hydrogen-bond acceptors (Lipinski definition) is 0. The second-order valence-electron chi connectivity index (χ2n) is 3.29. The lowest BCUT2D eigenvalue weighted by Crippen LogP contribution is -1.73. The Balaban J connectivity index is 0.000000223. The molecule has 0 nitrogen and oxygen atoms in total. The molecule has 1 aromatic carbocycles. The van der Waals surface area contributed by atoms with E-state index in [4.69, 9.17) is 0 Å². The van der Waals surface area contributed by atoms with Crippen LogP contribution in [0.1, 0.15) is 34.1 Å². The highest BCUT2D eigenvalue weighted by molar-refractivity contribution is 5.05. The van der Waals surface area contributed by atoms with E-state index >= 15 is 0 Å². The maximum absolute atomic E-state index is 2.18. The lowest BCUT2D eigenvalue weighted by atomic mass is 10.1. The summed E-state index contributed by atoms with van der Waals surface area (Å²) in [5, 5.41) is 0. The molecule has 0 bridgehead atoms. The molecule has 0 fully saturated rings. The van der Waals surface area contributed by atoms with Crippen molar-refractivity contribution in [1.29, 1.82) is 0 Å². The Morgan fingerprint density at radius 3 is 1.15 bits per heavy atom. The minimum Gasteiger partial charge on any atom is -0.0775 e. The largest absolute Gasteiger partial charge is 0.0775 e. The number of hydrogen-bond donors (Lipinski definition) is 0. The van der Waals surface area contributed by atoms with Crippen LogP contribution in [0.3, 0.4) is 0 Å². The number of rotatable bonds is 1. The van der Waals surface area contributed by atoms with Gasteiger partial charge in [-0.15, -0.1) is 0 Å². The van der Waals surface area contributed by atoms with Crippen molar-refractivity contribution in [2.24, 2.45) is 0 Å². The fourth-order valence-electron chi connectivity index (χ4n) is 0.738. The van der Waals surface area contributed by atoms with Crippen LogP contribution < -0.4 is 0 Å². The van der Waals surface area contributed by atoms with Crippen LogP contribution in [0.25, 0.3) is 0 Å². The third-order valence-corrected chi connectivity index (χ3v) is 2.05. The van der Waals surface area contributed by atoms with E-state index in [1.54, 1.807) is 0 Å². The summed E-state index contributed by atoms with van der Waals surface area (Å²) in [6, 6.07) is 12.0. The van der Waals surface area contributed by atoms with Crippen molar-refractivity contribution in [3.63, 3.8) is 0 Å². The van der Waals surface area contributed by atoms with E-state index in [9.17, 15) is 0 Å². The standard InChI is InChI=1S/C7H14.C6H6/c1-5-7(4)6(2)3;1-2-4-6-5-3-1/h5H2,1-4H3;1-6H. The van der Waals surface area contributed by atoms with Crippen molar-refractivity contribution >= 4 is 0 Å². The van der Waals surface area contributed by atoms with E-state index in [0.717, 1.165) is 0 Å². The summed E-state index contributed by atoms with van der Waals surface area (Å²) in [7, 11) is 0. The van der Waals surface area contributed by atoms with Crippen LogP contribution >= 0.6 is 0 Å². The molecule has 0 heteroatoms. The van der Waals surface area contributed by atoms with Gasteiger partial charge in [-0.2, -0.15) is 0 Å². The fraction of sp³-hybridized carbons (Fsp3) is 0.385. The third kappa shape index (κ3) is 7.32. The monoisotopic (exact) mass is 176 g/mol. The van der Waals surface area contributed by atoms with Crippen LogP contribution in [-0.4, -0.2) is 0 Å². The first-order valence-electron chi connectivity index (χ1n) is 4.81. The molecular formula is C13H20. The van der Waals surface area contributed by atoms with Gasteiger partial charge in [-0.3, -0.25) is 0 Å². The summed E-state index contributed by atoms with van der Waals surface area (Å²) < 4.78 is 0. The summed E-state index contributed by atoms with van der Waals surface area (Å²) in [6.45, 7) is 8.66. The first kappa shape index (κ1) is 12.0. The first-order chi connectivity index (χ1) is 6.18. The van der Waals surface area contributed by atoms with Gasteiger partial charge < -0.3 is 0 Å². The maximum Gasteiger partial charge on any atom is -0.0349 e. The highest BCUT2D eigenvalue weighted by atomic mass is 13.9. The SMILES string of the molecule is CCC(C)=C(C)C.c1ccccc1. The van der Waals surface area contributed by atoms with Crippen LogP contribution in [0.15, 0.2) is 47.5 Å². The zero-order valence-electron chi connectivity index (χ0n) is 9.17. The van der Waals surface area contributed by atoms with Gasteiger partial charge >= 0.3 is 0 Å². The predicted molar refractivity (Wildman–Crippen MR) is 60.8 cm³/mol. The molecule has 72 valence electrons. The molecule has 0 radical (unpaired) electrons. The van der Waals surface area contributed by atoms with Gasteiger partial charge in [0.05, 0.1) is 0 Å². The van der Waals surface area contributed by atoms with Gasteiger partial charge in [0.25, 0.3) is 0 Å². The van der Waals surface area contributed by atoms with Gasteiger partial charge in [0, 0.05) is 0 Å². The van der Waals surface area contributed by atoms with Gasteiger partial charge in [0.1, 0.15) is 0 Å². The molecule has 0 amide bonds. The molecular weight excluding hydrogens is 156 g/mol. The van der Waals surface area contributed by atoms with Gasteiger partial charge in [-0.25, -0.2) is 0 Å². The topological polar surface area (TPSA) is 0 Å². The third-order valence-electron chi connectivity index (χ3n) is 2.05. The average Bonchev–Trinajstić information content (AvgIpc) is 2.20. The van der Waals surface area contributed by atoms with E-state index in [-0.39, 0.29) is 0 Å². The Morgan fingerprint density at radius 2 is 1.08 bits per heavy atom. The second kappa shape index (κ2) is 7.60. The summed E-state index contributed by atoms with van der Waals surface area (Å²) in [6.07, 6.45) is 1.20. The fourth-order valence-corrected chi connectivity index (χ4v) is 0.738. The molecule has 1 rings (SSSR count). The van der Waals surface area contributed by atoms with Crippen molar-refractivity contribution < 1.29 is 0 Å². The summed E-state index contributed by atoms with van der Waals surface area (Å²) in [5.74, 6) is 0. The van der Waals surface area contributed by atoms with Crippen LogP contribution in [0.2, 0.25) is 0 Å². The van der Waals surface area contributed by atoms with Crippen LogP contribution in [0, 0.1) is 0 Å². The van der Waals surface area contributed by atoms with Crippen molar-refractivity contribution in [2.75, 3.05) is 0 Å². The molecule has 0 heterocycles. The highest BCUT2D eigenvalue weighted by Crippen LogP contribution is 2.04. The summed E-state index contributed by atoms with van der Waals surface area (Å²) in [4.78, 5) is 0. The van der Waals surface area contributed by atoms with Crippen LogP contribution in [-0.2, 0) is 0 Å². The molecule has 0 aromatic heterocycles. The Kier molecular flexibility index (Phi) is 6.99. The Morgan fingerprint density at radius 1 is 0.769 bits per heavy atom. The van der Waals surface area contributed by atoms with E-state index in [2.05, 4.69) is 27.7 Å². The van der Waals surface area contributed by atoms with Crippen molar-refractivity contribution in [1.82, 2.24) is 0 Å². The molecule has 13 heavy (non-hydrogen) atoms. The minimum absolute atomic E-state index is 1.20. The molecule has 0 aliphatic heterocycles. The van der Waals surface area contributed by atoms with Gasteiger partial charge in [0.2, 0.25) is 0 Å². The molecule has 0 unspecified atom stereocenters. The van der Waals surface area contributed by atoms with E-state index in [0.29, 0.717) is 0 Å². The van der Waals surface area contributed by atoms with E-state index in [1.807, 2.05) is 36.4 Å². The van der Waals surface area contributed by atoms with Gasteiger partial charge in [-0.05, 0) is 27.2 Å². The molecule has 0 spiro atoms. The molecule has 1 aromatic rings. The molecule has 0 aliphatic rings. The second-order valence-corrected chi connectivity index (χ2v) is 3.29. The van der Waals surface area contributed by atoms with E-state index in [1.165, 1.54) is 17.6 Å². The van der Waals surface area contributed by atoms with Crippen LogP contribution in [0.5, 0.6) is 0 Å². The van der Waals surface area contributed by atoms with Gasteiger partial charge in [-0.1, -0.05) is 54.5 Å². The lowest BCUT2D eigenvalue weighted by molar-refractivity contribution is 1.05. The van der Waals surface area contributed by atoms with Gasteiger partial charge in [0.15, 0.2) is 0 Å². The summed E-state index contributed by atoms with van der Waals surface area (Å²) >= 11 is 0. The Bertz CT molecular complexity index is 201. The highest BCUT2D eigenvalue weighted by Gasteiger charge is 1.82. The van der Waals surface area contributed by atoms with Crippen molar-refractivity contribution in [3.8, 4) is 0 Å². The van der Waals surface area contributed by atoms with Crippen molar-refractivity contribution in [2.45, 2.75) is 34.1 Å². The van der Waals surface area contributed by atoms with E-state index < -0.39 is 0 Å². The molecule has 0 N–H and O–H groups in total. The smallest absolute Gasteiger partial charge is 0.0349 e. The zero-order valence-corrected chi connectivity index (χ0v) is 9.17. The average molecular weight is 176 g/mol.